The molecule has 1 nitrogen and oxygen atoms in total. The van der Waals surface area contributed by atoms with Gasteiger partial charge >= 0.3 is 0 Å². The van der Waals surface area contributed by atoms with E-state index in [1.807, 2.05) is 13.8 Å². The highest BCUT2D eigenvalue weighted by Gasteiger charge is 2.12. The van der Waals surface area contributed by atoms with Crippen molar-refractivity contribution in [3.05, 3.63) is 35.6 Å². The van der Waals surface area contributed by atoms with Crippen LogP contribution in [0.4, 0.5) is 0 Å². The van der Waals surface area contributed by atoms with E-state index in [2.05, 4.69) is 57.3 Å². The van der Waals surface area contributed by atoms with Crippen molar-refractivity contribution in [3.8, 4) is 0 Å². The highest BCUT2D eigenvalue weighted by Crippen LogP contribution is 2.25. The first kappa shape index (κ1) is 15.0. The van der Waals surface area contributed by atoms with Gasteiger partial charge in [-0.15, -0.1) is 0 Å². The molecule has 0 saturated carbocycles. The van der Waals surface area contributed by atoms with Crippen LogP contribution in [0.1, 0.15) is 48.0 Å². The average Bonchev–Trinajstić information content (AvgIpc) is 2.42. The first-order chi connectivity index (χ1) is 7.59. The first-order valence-corrected chi connectivity index (χ1v) is 6.44. The summed E-state index contributed by atoms with van der Waals surface area (Å²) in [5.74, 6) is 0. The van der Waals surface area contributed by atoms with Gasteiger partial charge in [-0.1, -0.05) is 52.8 Å². The third kappa shape index (κ3) is 4.69. The van der Waals surface area contributed by atoms with Crippen molar-refractivity contribution in [2.24, 2.45) is 5.41 Å². The van der Waals surface area contributed by atoms with Crippen LogP contribution in [0.5, 0.6) is 0 Å². The normalized spacial score (nSPS) is 17.6. The minimum Gasteiger partial charge on any atom is -0.385 e. The van der Waals surface area contributed by atoms with Crippen LogP contribution in [-0.2, 0) is 0 Å². The summed E-state index contributed by atoms with van der Waals surface area (Å²) >= 11 is 0. The Morgan fingerprint density at radius 2 is 1.62 bits per heavy atom. The standard InChI is InChI=1S/C13H21N.C2H6/c1-5-11-7-9-13(3,4)10-8-12(11)14-6-2;1-2/h7-10,14H,5-6H2,1-4H3;1-2H3. The minimum atomic E-state index is 0.178. The van der Waals surface area contributed by atoms with Crippen LogP contribution in [0.3, 0.4) is 0 Å². The smallest absolute Gasteiger partial charge is 0.0369 e. The maximum absolute atomic E-state index is 3.40. The number of nitrogens with one attached hydrogen (secondary N) is 1. The van der Waals surface area contributed by atoms with Gasteiger partial charge in [0.05, 0.1) is 0 Å². The van der Waals surface area contributed by atoms with E-state index < -0.39 is 0 Å². The van der Waals surface area contributed by atoms with Crippen molar-refractivity contribution in [2.45, 2.75) is 48.0 Å². The van der Waals surface area contributed by atoms with Crippen LogP contribution in [0, 0.1) is 5.41 Å². The molecule has 1 aliphatic carbocycles. The lowest BCUT2D eigenvalue weighted by molar-refractivity contribution is 0.626. The van der Waals surface area contributed by atoms with Gasteiger partial charge in [0.25, 0.3) is 0 Å². The van der Waals surface area contributed by atoms with E-state index in [0.717, 1.165) is 13.0 Å². The summed E-state index contributed by atoms with van der Waals surface area (Å²) < 4.78 is 0. The van der Waals surface area contributed by atoms with Crippen molar-refractivity contribution in [3.63, 3.8) is 0 Å². The predicted molar refractivity (Wildman–Crippen MR) is 74.4 cm³/mol. The Morgan fingerprint density at radius 3 is 2.12 bits per heavy atom. The van der Waals surface area contributed by atoms with Gasteiger partial charge < -0.3 is 5.32 Å². The quantitative estimate of drug-likeness (QED) is 0.743. The number of allylic oxidation sites excluding steroid dienone is 5. The summed E-state index contributed by atoms with van der Waals surface area (Å²) in [5.41, 5.74) is 2.85. The molecule has 0 saturated heterocycles. The molecule has 0 aromatic rings. The molecule has 0 spiro atoms. The Labute approximate surface area is 101 Å². The van der Waals surface area contributed by atoms with E-state index >= 15 is 0 Å². The van der Waals surface area contributed by atoms with E-state index in [4.69, 9.17) is 0 Å². The van der Waals surface area contributed by atoms with E-state index in [0.29, 0.717) is 0 Å². The predicted octanol–water partition coefficient (Wildman–Crippen LogP) is 4.44. The second-order valence-electron chi connectivity index (χ2n) is 4.31. The van der Waals surface area contributed by atoms with Gasteiger partial charge in [-0.05, 0) is 25.0 Å². The second kappa shape index (κ2) is 7.32. The highest BCUT2D eigenvalue weighted by atomic mass is 14.9. The molecule has 0 amide bonds. The summed E-state index contributed by atoms with van der Waals surface area (Å²) in [6.07, 6.45) is 10.1. The summed E-state index contributed by atoms with van der Waals surface area (Å²) in [7, 11) is 0. The average molecular weight is 221 g/mol. The monoisotopic (exact) mass is 221 g/mol. The number of likely N-dealkylation sites (N-methyl/N-ethyl adjacent to an activating group) is 1. The van der Waals surface area contributed by atoms with Gasteiger partial charge in [-0.3, -0.25) is 0 Å². The van der Waals surface area contributed by atoms with Crippen molar-refractivity contribution in [2.75, 3.05) is 6.54 Å². The maximum Gasteiger partial charge on any atom is 0.0369 e. The molecule has 0 bridgehead atoms. The number of hydrogen-bond acceptors (Lipinski definition) is 1. The molecular weight excluding hydrogens is 194 g/mol. The molecule has 0 atom stereocenters. The molecule has 1 N–H and O–H groups in total. The van der Waals surface area contributed by atoms with Gasteiger partial charge in [0.1, 0.15) is 0 Å². The Kier molecular flexibility index (Phi) is 6.87. The molecule has 16 heavy (non-hydrogen) atoms. The lowest BCUT2D eigenvalue weighted by atomic mass is 9.93. The first-order valence-electron chi connectivity index (χ1n) is 6.44. The number of rotatable bonds is 3. The molecule has 1 aliphatic rings. The van der Waals surface area contributed by atoms with Crippen LogP contribution in [0.15, 0.2) is 35.6 Å². The van der Waals surface area contributed by atoms with Crippen molar-refractivity contribution >= 4 is 0 Å². The molecule has 92 valence electrons. The molecule has 1 heteroatoms. The fraction of sp³-hybridized carbons (Fsp3) is 0.600. The van der Waals surface area contributed by atoms with Crippen LogP contribution < -0.4 is 5.32 Å². The number of hydrogen-bond donors (Lipinski definition) is 1. The summed E-state index contributed by atoms with van der Waals surface area (Å²) in [6.45, 7) is 13.8. The third-order valence-corrected chi connectivity index (χ3v) is 2.49. The minimum absolute atomic E-state index is 0.178. The molecule has 0 fully saturated rings. The zero-order chi connectivity index (χ0) is 12.6. The Balaban J connectivity index is 0.00000106. The largest absolute Gasteiger partial charge is 0.385 e. The van der Waals surface area contributed by atoms with E-state index in [1.165, 1.54) is 11.3 Å². The Bertz CT molecular complexity index is 280. The molecule has 0 aliphatic heterocycles. The van der Waals surface area contributed by atoms with Crippen molar-refractivity contribution in [1.29, 1.82) is 0 Å². The summed E-state index contributed by atoms with van der Waals surface area (Å²) in [6, 6.07) is 0. The van der Waals surface area contributed by atoms with Gasteiger partial charge in [-0.25, -0.2) is 0 Å². The maximum atomic E-state index is 3.40. The third-order valence-electron chi connectivity index (χ3n) is 2.49. The Hall–Kier alpha value is -0.980. The summed E-state index contributed by atoms with van der Waals surface area (Å²) in [5, 5.41) is 3.40. The molecule has 0 aromatic carbocycles. The molecule has 0 radical (unpaired) electrons. The van der Waals surface area contributed by atoms with Crippen LogP contribution >= 0.6 is 0 Å². The van der Waals surface area contributed by atoms with Gasteiger partial charge in [0, 0.05) is 17.7 Å². The molecule has 1 rings (SSSR count). The van der Waals surface area contributed by atoms with E-state index in [1.54, 1.807) is 0 Å². The van der Waals surface area contributed by atoms with Crippen molar-refractivity contribution < 1.29 is 0 Å². The zero-order valence-corrected chi connectivity index (χ0v) is 11.7. The second-order valence-corrected chi connectivity index (χ2v) is 4.31. The van der Waals surface area contributed by atoms with E-state index in [9.17, 15) is 0 Å². The zero-order valence-electron chi connectivity index (χ0n) is 11.7. The van der Waals surface area contributed by atoms with Gasteiger partial charge in [0.2, 0.25) is 0 Å². The summed E-state index contributed by atoms with van der Waals surface area (Å²) in [4.78, 5) is 0. The highest BCUT2D eigenvalue weighted by molar-refractivity contribution is 5.37. The van der Waals surface area contributed by atoms with Crippen LogP contribution in [0.2, 0.25) is 0 Å². The fourth-order valence-corrected chi connectivity index (χ4v) is 1.54. The van der Waals surface area contributed by atoms with Crippen LogP contribution in [0.25, 0.3) is 0 Å². The van der Waals surface area contributed by atoms with Crippen molar-refractivity contribution in [1.82, 2.24) is 5.32 Å². The molecule has 0 heterocycles. The lowest BCUT2D eigenvalue weighted by Gasteiger charge is -2.12. The Morgan fingerprint density at radius 1 is 1.06 bits per heavy atom. The van der Waals surface area contributed by atoms with Gasteiger partial charge in [-0.2, -0.15) is 0 Å². The van der Waals surface area contributed by atoms with Crippen LogP contribution in [-0.4, -0.2) is 6.54 Å². The lowest BCUT2D eigenvalue weighted by Crippen LogP contribution is -2.12. The fourth-order valence-electron chi connectivity index (χ4n) is 1.54. The van der Waals surface area contributed by atoms with Gasteiger partial charge in [0.15, 0.2) is 0 Å². The molecule has 0 unspecified atom stereocenters. The van der Waals surface area contributed by atoms with E-state index in [-0.39, 0.29) is 5.41 Å². The molecular formula is C15H27N. The molecule has 0 aromatic heterocycles. The topological polar surface area (TPSA) is 12.0 Å². The SMILES string of the molecule is CC.CCNC1=C(CC)C=CC(C)(C)C=C1.